The molecule has 0 saturated carbocycles. The summed E-state index contributed by atoms with van der Waals surface area (Å²) >= 11 is 0. The highest BCUT2D eigenvalue weighted by Crippen LogP contribution is 2.37. The van der Waals surface area contributed by atoms with Crippen LogP contribution in [0.15, 0.2) is 48.5 Å². The average Bonchev–Trinajstić information content (AvgIpc) is 2.65. The third-order valence-electron chi connectivity index (χ3n) is 5.53. The highest BCUT2D eigenvalue weighted by atomic mass is 19.1. The summed E-state index contributed by atoms with van der Waals surface area (Å²) in [6.45, 7) is 1.08. The summed E-state index contributed by atoms with van der Waals surface area (Å²) in [5.41, 5.74) is 1.76. The molecule has 28 heavy (non-hydrogen) atoms. The van der Waals surface area contributed by atoms with E-state index in [0.29, 0.717) is 13.1 Å². The Kier molecular flexibility index (Phi) is 4.83. The first-order valence-corrected chi connectivity index (χ1v) is 9.59. The SMILES string of the molecule is CN(C)CC1(F)CN(C(=O)N2CCc3ccccc3C2c2ccc(F)cc2)C1. The summed E-state index contributed by atoms with van der Waals surface area (Å²) in [6, 6.07) is 13.9. The largest absolute Gasteiger partial charge is 0.321 e. The van der Waals surface area contributed by atoms with Crippen LogP contribution in [0.3, 0.4) is 0 Å². The van der Waals surface area contributed by atoms with Crippen molar-refractivity contribution < 1.29 is 13.6 Å². The Morgan fingerprint density at radius 3 is 2.50 bits per heavy atom. The molecule has 2 aromatic rings. The van der Waals surface area contributed by atoms with E-state index in [1.165, 1.54) is 17.7 Å². The maximum absolute atomic E-state index is 14.7. The van der Waals surface area contributed by atoms with Crippen LogP contribution in [0.4, 0.5) is 13.6 Å². The normalized spacial score (nSPS) is 20.7. The Labute approximate surface area is 164 Å². The highest BCUT2D eigenvalue weighted by molar-refractivity contribution is 5.77. The minimum Gasteiger partial charge on any atom is -0.318 e. The van der Waals surface area contributed by atoms with Crippen molar-refractivity contribution in [3.63, 3.8) is 0 Å². The van der Waals surface area contributed by atoms with Gasteiger partial charge in [0.1, 0.15) is 5.82 Å². The summed E-state index contributed by atoms with van der Waals surface area (Å²) < 4.78 is 28.2. The van der Waals surface area contributed by atoms with Gasteiger partial charge >= 0.3 is 6.03 Å². The van der Waals surface area contributed by atoms with E-state index in [4.69, 9.17) is 0 Å². The zero-order valence-corrected chi connectivity index (χ0v) is 16.2. The van der Waals surface area contributed by atoms with Gasteiger partial charge in [0, 0.05) is 13.1 Å². The van der Waals surface area contributed by atoms with Crippen LogP contribution in [0.25, 0.3) is 0 Å². The van der Waals surface area contributed by atoms with E-state index < -0.39 is 5.67 Å². The quantitative estimate of drug-likeness (QED) is 0.809. The summed E-state index contributed by atoms with van der Waals surface area (Å²) in [5.74, 6) is -0.306. The molecule has 2 amide bonds. The lowest BCUT2D eigenvalue weighted by Crippen LogP contribution is -2.67. The van der Waals surface area contributed by atoms with Crippen LogP contribution < -0.4 is 0 Å². The third-order valence-corrected chi connectivity index (χ3v) is 5.53. The smallest absolute Gasteiger partial charge is 0.318 e. The van der Waals surface area contributed by atoms with Crippen LogP contribution in [0, 0.1) is 5.82 Å². The minimum atomic E-state index is -1.35. The van der Waals surface area contributed by atoms with Crippen LogP contribution in [-0.2, 0) is 6.42 Å². The van der Waals surface area contributed by atoms with Crippen LogP contribution >= 0.6 is 0 Å². The molecular weight excluding hydrogens is 360 g/mol. The Morgan fingerprint density at radius 1 is 1.14 bits per heavy atom. The molecule has 0 spiro atoms. The first-order chi connectivity index (χ1) is 13.4. The number of fused-ring (bicyclic) bond motifs is 1. The first kappa shape index (κ1) is 18.9. The molecule has 2 aliphatic heterocycles. The van der Waals surface area contributed by atoms with Gasteiger partial charge in [0.05, 0.1) is 19.1 Å². The van der Waals surface area contributed by atoms with Gasteiger partial charge in [-0.05, 0) is 49.3 Å². The van der Waals surface area contributed by atoms with Gasteiger partial charge in [-0.25, -0.2) is 13.6 Å². The summed E-state index contributed by atoms with van der Waals surface area (Å²) in [5, 5.41) is 0. The number of hydrogen-bond donors (Lipinski definition) is 0. The van der Waals surface area contributed by atoms with Crippen molar-refractivity contribution in [1.82, 2.24) is 14.7 Å². The molecule has 0 radical (unpaired) electrons. The molecule has 4 rings (SSSR count). The maximum Gasteiger partial charge on any atom is 0.321 e. The molecule has 1 saturated heterocycles. The number of carbonyl (C=O) groups excluding carboxylic acids is 1. The molecule has 1 unspecified atom stereocenters. The topological polar surface area (TPSA) is 26.8 Å². The molecule has 2 heterocycles. The molecule has 0 aliphatic carbocycles. The number of benzene rings is 2. The van der Waals surface area contributed by atoms with E-state index in [0.717, 1.165) is 17.5 Å². The van der Waals surface area contributed by atoms with Crippen molar-refractivity contribution in [2.75, 3.05) is 40.3 Å². The first-order valence-electron chi connectivity index (χ1n) is 9.59. The van der Waals surface area contributed by atoms with Crippen molar-refractivity contribution in [3.8, 4) is 0 Å². The van der Waals surface area contributed by atoms with Crippen molar-refractivity contribution in [2.45, 2.75) is 18.1 Å². The predicted molar refractivity (Wildman–Crippen MR) is 104 cm³/mol. The van der Waals surface area contributed by atoms with Gasteiger partial charge in [-0.3, -0.25) is 0 Å². The summed E-state index contributed by atoms with van der Waals surface area (Å²) in [4.78, 5) is 18.4. The fourth-order valence-electron chi connectivity index (χ4n) is 4.40. The van der Waals surface area contributed by atoms with E-state index in [1.807, 2.05) is 32.3 Å². The number of halogens is 2. The van der Waals surface area contributed by atoms with E-state index in [-0.39, 0.29) is 31.0 Å². The Morgan fingerprint density at radius 2 is 1.82 bits per heavy atom. The number of hydrogen-bond acceptors (Lipinski definition) is 2. The lowest BCUT2D eigenvalue weighted by molar-refractivity contribution is -0.0320. The van der Waals surface area contributed by atoms with Crippen LogP contribution in [0.1, 0.15) is 22.7 Å². The number of amides is 2. The Balaban J connectivity index is 1.61. The van der Waals surface area contributed by atoms with Gasteiger partial charge in [-0.15, -0.1) is 0 Å². The third kappa shape index (κ3) is 3.49. The van der Waals surface area contributed by atoms with Gasteiger partial charge in [0.25, 0.3) is 0 Å². The fourth-order valence-corrected chi connectivity index (χ4v) is 4.40. The second-order valence-electron chi connectivity index (χ2n) is 8.12. The van der Waals surface area contributed by atoms with Crippen molar-refractivity contribution in [1.29, 1.82) is 0 Å². The lowest BCUT2D eigenvalue weighted by atomic mass is 9.88. The second-order valence-corrected chi connectivity index (χ2v) is 8.12. The van der Waals surface area contributed by atoms with E-state index in [2.05, 4.69) is 6.07 Å². The molecule has 1 fully saturated rings. The molecule has 1 atom stereocenters. The van der Waals surface area contributed by atoms with Crippen LogP contribution in [0.5, 0.6) is 0 Å². The fraction of sp³-hybridized carbons (Fsp3) is 0.409. The van der Waals surface area contributed by atoms with Crippen molar-refractivity contribution in [2.24, 2.45) is 0 Å². The van der Waals surface area contributed by atoms with E-state index in [9.17, 15) is 13.6 Å². The van der Waals surface area contributed by atoms with Crippen molar-refractivity contribution in [3.05, 3.63) is 71.0 Å². The number of rotatable bonds is 3. The van der Waals surface area contributed by atoms with Crippen LogP contribution in [0.2, 0.25) is 0 Å². The van der Waals surface area contributed by atoms with Gasteiger partial charge < -0.3 is 14.7 Å². The molecule has 0 aromatic heterocycles. The summed E-state index contributed by atoms with van der Waals surface area (Å²) in [6.07, 6.45) is 0.756. The second kappa shape index (κ2) is 7.17. The number of urea groups is 1. The molecule has 0 N–H and O–H groups in total. The average molecular weight is 385 g/mol. The monoisotopic (exact) mass is 385 g/mol. The van der Waals surface area contributed by atoms with Crippen LogP contribution in [-0.4, -0.2) is 66.7 Å². The Hall–Kier alpha value is -2.47. The van der Waals surface area contributed by atoms with Crippen molar-refractivity contribution >= 4 is 6.03 Å². The predicted octanol–water partition coefficient (Wildman–Crippen LogP) is 3.48. The molecule has 6 heteroatoms. The molecule has 148 valence electrons. The molecule has 4 nitrogen and oxygen atoms in total. The number of nitrogens with zero attached hydrogens (tertiary/aromatic N) is 3. The molecule has 2 aromatic carbocycles. The number of alkyl halides is 1. The van der Waals surface area contributed by atoms with Gasteiger partial charge in [-0.1, -0.05) is 36.4 Å². The molecule has 0 bridgehead atoms. The highest BCUT2D eigenvalue weighted by Gasteiger charge is 2.48. The van der Waals surface area contributed by atoms with Gasteiger partial charge in [0.2, 0.25) is 0 Å². The number of likely N-dealkylation sites (tertiary alicyclic amines) is 1. The zero-order chi connectivity index (χ0) is 19.9. The maximum atomic E-state index is 14.7. The lowest BCUT2D eigenvalue weighted by Gasteiger charge is -2.49. The standard InChI is InChI=1S/C22H25F2N3O/c1-25(2)13-22(24)14-26(15-22)21(28)27-12-11-16-5-3-4-6-19(16)20(27)17-7-9-18(23)10-8-17/h3-10,20H,11-15H2,1-2H3. The van der Waals surface area contributed by atoms with Gasteiger partial charge in [-0.2, -0.15) is 0 Å². The Bertz CT molecular complexity index is 862. The minimum absolute atomic E-state index is 0.109. The zero-order valence-electron chi connectivity index (χ0n) is 16.2. The molecular formula is C22H25F2N3O. The number of carbonyl (C=O) groups is 1. The van der Waals surface area contributed by atoms with Gasteiger partial charge in [0.15, 0.2) is 5.67 Å². The van der Waals surface area contributed by atoms with E-state index >= 15 is 0 Å². The summed E-state index contributed by atoms with van der Waals surface area (Å²) in [7, 11) is 3.66. The van der Waals surface area contributed by atoms with E-state index in [1.54, 1.807) is 26.8 Å². The molecule has 2 aliphatic rings.